The molecule has 1 aliphatic heterocycles. The molecule has 7 heteroatoms. The van der Waals surface area contributed by atoms with Crippen molar-refractivity contribution in [1.29, 1.82) is 0 Å². The van der Waals surface area contributed by atoms with E-state index in [2.05, 4.69) is 20.2 Å². The minimum atomic E-state index is 0.350. The van der Waals surface area contributed by atoms with Crippen molar-refractivity contribution in [2.45, 2.75) is 18.9 Å². The van der Waals surface area contributed by atoms with Crippen LogP contribution in [0.3, 0.4) is 0 Å². The molecule has 0 radical (unpaired) electrons. The zero-order valence-corrected chi connectivity index (χ0v) is 14.0. The molecular formula is C18H19N5O2. The summed E-state index contributed by atoms with van der Waals surface area (Å²) in [6.07, 6.45) is 2.60. The van der Waals surface area contributed by atoms with E-state index in [9.17, 15) is 0 Å². The standard InChI is InChI=1S/C18H19N5O2/c1-23(16-9-15(19-12-20-16)14-7-8-24-11-14)10-17-21-22-18(25-17)13-5-3-2-4-6-13/h2-6,9,12,14H,7-8,10-11H2,1H3/t14-/m0/s1. The van der Waals surface area contributed by atoms with Crippen molar-refractivity contribution in [3.05, 3.63) is 54.3 Å². The van der Waals surface area contributed by atoms with E-state index in [-0.39, 0.29) is 0 Å². The van der Waals surface area contributed by atoms with Gasteiger partial charge in [0.25, 0.3) is 0 Å². The van der Waals surface area contributed by atoms with Crippen LogP contribution in [-0.2, 0) is 11.3 Å². The summed E-state index contributed by atoms with van der Waals surface area (Å²) in [6, 6.07) is 11.7. The smallest absolute Gasteiger partial charge is 0.247 e. The van der Waals surface area contributed by atoms with Gasteiger partial charge in [-0.25, -0.2) is 9.97 Å². The Kier molecular flexibility index (Phi) is 4.39. The molecule has 3 heterocycles. The van der Waals surface area contributed by atoms with Crippen LogP contribution in [0, 0.1) is 0 Å². The number of ether oxygens (including phenoxy) is 1. The van der Waals surface area contributed by atoms with E-state index in [1.807, 2.05) is 48.3 Å². The van der Waals surface area contributed by atoms with Crippen molar-refractivity contribution >= 4 is 5.82 Å². The first-order valence-electron chi connectivity index (χ1n) is 8.28. The molecule has 1 atom stereocenters. The van der Waals surface area contributed by atoms with Crippen LogP contribution in [0.4, 0.5) is 5.82 Å². The molecule has 1 fully saturated rings. The van der Waals surface area contributed by atoms with Gasteiger partial charge in [0.15, 0.2) is 0 Å². The van der Waals surface area contributed by atoms with Crippen LogP contribution in [0.15, 0.2) is 47.1 Å². The fourth-order valence-corrected chi connectivity index (χ4v) is 2.86. The van der Waals surface area contributed by atoms with Gasteiger partial charge in [-0.2, -0.15) is 0 Å². The van der Waals surface area contributed by atoms with Gasteiger partial charge >= 0.3 is 0 Å². The molecule has 0 aliphatic carbocycles. The third-order valence-corrected chi connectivity index (χ3v) is 4.27. The molecule has 0 spiro atoms. The summed E-state index contributed by atoms with van der Waals surface area (Å²) in [5.41, 5.74) is 1.93. The Labute approximate surface area is 145 Å². The lowest BCUT2D eigenvalue weighted by atomic mass is 10.0. The molecule has 0 N–H and O–H groups in total. The van der Waals surface area contributed by atoms with Crippen molar-refractivity contribution < 1.29 is 9.15 Å². The molecule has 0 unspecified atom stereocenters. The summed E-state index contributed by atoms with van der Waals surface area (Å²) in [5, 5.41) is 8.26. The summed E-state index contributed by atoms with van der Waals surface area (Å²) in [6.45, 7) is 2.01. The van der Waals surface area contributed by atoms with Crippen molar-refractivity contribution in [3.63, 3.8) is 0 Å². The van der Waals surface area contributed by atoms with Crippen molar-refractivity contribution in [2.24, 2.45) is 0 Å². The van der Waals surface area contributed by atoms with E-state index in [1.54, 1.807) is 6.33 Å². The molecule has 4 rings (SSSR count). The van der Waals surface area contributed by atoms with Crippen LogP contribution in [0.25, 0.3) is 11.5 Å². The molecule has 0 amide bonds. The molecule has 1 aliphatic rings. The van der Waals surface area contributed by atoms with Gasteiger partial charge in [0.1, 0.15) is 12.1 Å². The molecule has 128 valence electrons. The lowest BCUT2D eigenvalue weighted by Gasteiger charge is -2.17. The molecule has 1 saturated heterocycles. The molecule has 3 aromatic rings. The predicted octanol–water partition coefficient (Wildman–Crippen LogP) is 2.67. The van der Waals surface area contributed by atoms with E-state index < -0.39 is 0 Å². The highest BCUT2D eigenvalue weighted by Crippen LogP contribution is 2.25. The Balaban J connectivity index is 1.48. The Hall–Kier alpha value is -2.80. The van der Waals surface area contributed by atoms with Crippen molar-refractivity contribution in [2.75, 3.05) is 25.2 Å². The van der Waals surface area contributed by atoms with Crippen LogP contribution >= 0.6 is 0 Å². The fraction of sp³-hybridized carbons (Fsp3) is 0.333. The Morgan fingerprint density at radius 2 is 2.04 bits per heavy atom. The topological polar surface area (TPSA) is 77.2 Å². The summed E-state index contributed by atoms with van der Waals surface area (Å²) >= 11 is 0. The van der Waals surface area contributed by atoms with Gasteiger partial charge in [0, 0.05) is 31.2 Å². The maximum atomic E-state index is 5.76. The van der Waals surface area contributed by atoms with Gasteiger partial charge in [-0.1, -0.05) is 18.2 Å². The van der Waals surface area contributed by atoms with Crippen LogP contribution in [0.5, 0.6) is 0 Å². The highest BCUT2D eigenvalue weighted by Gasteiger charge is 2.20. The van der Waals surface area contributed by atoms with Crippen molar-refractivity contribution in [1.82, 2.24) is 20.2 Å². The number of rotatable bonds is 5. The van der Waals surface area contributed by atoms with Gasteiger partial charge < -0.3 is 14.1 Å². The maximum absolute atomic E-state index is 5.76. The van der Waals surface area contributed by atoms with Gasteiger partial charge in [-0.15, -0.1) is 10.2 Å². The second kappa shape index (κ2) is 6.98. The van der Waals surface area contributed by atoms with Crippen LogP contribution < -0.4 is 4.90 Å². The minimum Gasteiger partial charge on any atom is -0.419 e. The Morgan fingerprint density at radius 1 is 1.16 bits per heavy atom. The number of nitrogens with zero attached hydrogens (tertiary/aromatic N) is 5. The monoisotopic (exact) mass is 337 g/mol. The zero-order chi connectivity index (χ0) is 17.1. The quantitative estimate of drug-likeness (QED) is 0.708. The molecule has 25 heavy (non-hydrogen) atoms. The molecule has 1 aromatic carbocycles. The van der Waals surface area contributed by atoms with Gasteiger partial charge in [0.05, 0.1) is 18.8 Å². The summed E-state index contributed by atoms with van der Waals surface area (Å²) in [7, 11) is 1.95. The zero-order valence-electron chi connectivity index (χ0n) is 14.0. The molecular weight excluding hydrogens is 318 g/mol. The van der Waals surface area contributed by atoms with Gasteiger partial charge in [-0.05, 0) is 18.6 Å². The first kappa shape index (κ1) is 15.7. The third-order valence-electron chi connectivity index (χ3n) is 4.27. The Morgan fingerprint density at radius 3 is 2.84 bits per heavy atom. The average Bonchev–Trinajstić information content (AvgIpc) is 3.35. The van der Waals surface area contributed by atoms with Crippen molar-refractivity contribution in [3.8, 4) is 11.5 Å². The minimum absolute atomic E-state index is 0.350. The van der Waals surface area contributed by atoms with Crippen LogP contribution in [0.1, 0.15) is 23.9 Å². The predicted molar refractivity (Wildman–Crippen MR) is 92.1 cm³/mol. The fourth-order valence-electron chi connectivity index (χ4n) is 2.86. The molecule has 2 aromatic heterocycles. The number of aromatic nitrogens is 4. The number of hydrogen-bond donors (Lipinski definition) is 0. The largest absolute Gasteiger partial charge is 0.419 e. The number of hydrogen-bond acceptors (Lipinski definition) is 7. The second-order valence-electron chi connectivity index (χ2n) is 6.08. The highest BCUT2D eigenvalue weighted by molar-refractivity contribution is 5.51. The molecule has 7 nitrogen and oxygen atoms in total. The molecule has 0 saturated carbocycles. The maximum Gasteiger partial charge on any atom is 0.247 e. The summed E-state index contributed by atoms with van der Waals surface area (Å²) in [5.74, 6) is 2.25. The normalized spacial score (nSPS) is 16.9. The highest BCUT2D eigenvalue weighted by atomic mass is 16.5. The molecule has 0 bridgehead atoms. The number of benzene rings is 1. The second-order valence-corrected chi connectivity index (χ2v) is 6.08. The van der Waals surface area contributed by atoms with Crippen LogP contribution in [0.2, 0.25) is 0 Å². The average molecular weight is 337 g/mol. The first-order valence-corrected chi connectivity index (χ1v) is 8.28. The SMILES string of the molecule is CN(Cc1nnc(-c2ccccc2)o1)c1cc([C@H]2CCOC2)ncn1. The van der Waals surface area contributed by atoms with E-state index >= 15 is 0 Å². The van der Waals surface area contributed by atoms with E-state index in [4.69, 9.17) is 9.15 Å². The lowest BCUT2D eigenvalue weighted by Crippen LogP contribution is -2.18. The van der Waals surface area contributed by atoms with Crippen LogP contribution in [-0.4, -0.2) is 40.4 Å². The van der Waals surface area contributed by atoms with Gasteiger partial charge in [0.2, 0.25) is 11.8 Å². The third kappa shape index (κ3) is 3.51. The van der Waals surface area contributed by atoms with E-state index in [0.29, 0.717) is 24.2 Å². The Bertz CT molecular complexity index is 830. The summed E-state index contributed by atoms with van der Waals surface area (Å²) < 4.78 is 11.2. The van der Waals surface area contributed by atoms with E-state index in [1.165, 1.54) is 0 Å². The number of anilines is 1. The first-order chi connectivity index (χ1) is 12.3. The van der Waals surface area contributed by atoms with Gasteiger partial charge in [-0.3, -0.25) is 0 Å². The summed E-state index contributed by atoms with van der Waals surface area (Å²) in [4.78, 5) is 10.7. The van der Waals surface area contributed by atoms with E-state index in [0.717, 1.165) is 36.7 Å². The lowest BCUT2D eigenvalue weighted by molar-refractivity contribution is 0.193.